The Morgan fingerprint density at radius 2 is 2.28 bits per heavy atom. The molecule has 1 aliphatic heterocycles. The zero-order valence-corrected chi connectivity index (χ0v) is 10.3. The van der Waals surface area contributed by atoms with Crippen LogP contribution in [0.15, 0.2) is 24.3 Å². The monoisotopic (exact) mass is 244 g/mol. The van der Waals surface area contributed by atoms with Crippen molar-refractivity contribution in [1.29, 1.82) is 5.26 Å². The summed E-state index contributed by atoms with van der Waals surface area (Å²) in [5.41, 5.74) is 7.03. The molecule has 1 heterocycles. The highest BCUT2D eigenvalue weighted by atomic mass is 16.2. The Kier molecular flexibility index (Phi) is 3.49. The normalized spacial score (nSPS) is 23.4. The largest absolute Gasteiger partial charge is 0.353 e. The number of benzene rings is 1. The lowest BCUT2D eigenvalue weighted by Gasteiger charge is -2.41. The van der Waals surface area contributed by atoms with Crippen LogP contribution in [0.1, 0.15) is 12.5 Å². The molecule has 0 saturated carbocycles. The standard InChI is InChI=1S/C13H16N4O/c1-9-8-16-13(18)12(7-15)17(9)11-5-3-2-4-10(11)6-14/h2-5,9,12H,7-8,15H2,1H3,(H,16,18). The van der Waals surface area contributed by atoms with Crippen molar-refractivity contribution in [3.05, 3.63) is 29.8 Å². The van der Waals surface area contributed by atoms with E-state index in [1.165, 1.54) is 0 Å². The number of hydrogen-bond donors (Lipinski definition) is 2. The van der Waals surface area contributed by atoms with Crippen molar-refractivity contribution in [2.75, 3.05) is 18.0 Å². The number of carbonyl (C=O) groups is 1. The minimum absolute atomic E-state index is 0.0802. The number of anilines is 1. The maximum atomic E-state index is 11.8. The fraction of sp³-hybridized carbons (Fsp3) is 0.385. The van der Waals surface area contributed by atoms with Gasteiger partial charge in [0, 0.05) is 19.1 Å². The van der Waals surface area contributed by atoms with Gasteiger partial charge in [0.25, 0.3) is 0 Å². The van der Waals surface area contributed by atoms with Crippen LogP contribution < -0.4 is 16.0 Å². The summed E-state index contributed by atoms with van der Waals surface area (Å²) in [6.07, 6.45) is 0. The van der Waals surface area contributed by atoms with E-state index >= 15 is 0 Å². The fourth-order valence-corrected chi connectivity index (χ4v) is 2.32. The molecule has 0 bridgehead atoms. The smallest absolute Gasteiger partial charge is 0.244 e. The van der Waals surface area contributed by atoms with Gasteiger partial charge in [-0.05, 0) is 19.1 Å². The lowest BCUT2D eigenvalue weighted by molar-refractivity contribution is -0.123. The van der Waals surface area contributed by atoms with Crippen LogP contribution in [0.3, 0.4) is 0 Å². The average molecular weight is 244 g/mol. The van der Waals surface area contributed by atoms with Gasteiger partial charge in [0.1, 0.15) is 12.1 Å². The summed E-state index contributed by atoms with van der Waals surface area (Å²) >= 11 is 0. The van der Waals surface area contributed by atoms with E-state index in [0.717, 1.165) is 5.69 Å². The number of hydrogen-bond acceptors (Lipinski definition) is 4. The third-order valence-corrected chi connectivity index (χ3v) is 3.21. The molecule has 2 rings (SSSR count). The number of nitrogens with zero attached hydrogens (tertiary/aromatic N) is 2. The molecule has 0 aromatic heterocycles. The van der Waals surface area contributed by atoms with Crippen LogP contribution in [0.5, 0.6) is 0 Å². The second-order valence-corrected chi connectivity index (χ2v) is 4.38. The van der Waals surface area contributed by atoms with Crippen LogP contribution in [0, 0.1) is 11.3 Å². The number of nitrogens with two attached hydrogens (primary N) is 1. The third kappa shape index (κ3) is 2.03. The molecule has 2 atom stereocenters. The van der Waals surface area contributed by atoms with Crippen LogP contribution in [-0.4, -0.2) is 31.1 Å². The molecule has 1 saturated heterocycles. The quantitative estimate of drug-likeness (QED) is 0.779. The van der Waals surface area contributed by atoms with Gasteiger partial charge in [0.05, 0.1) is 11.3 Å². The van der Waals surface area contributed by atoms with Crippen LogP contribution in [0.4, 0.5) is 5.69 Å². The van der Waals surface area contributed by atoms with E-state index in [1.807, 2.05) is 30.0 Å². The zero-order chi connectivity index (χ0) is 13.1. The molecule has 1 aliphatic rings. The molecule has 18 heavy (non-hydrogen) atoms. The Morgan fingerprint density at radius 1 is 1.56 bits per heavy atom. The summed E-state index contributed by atoms with van der Waals surface area (Å²) < 4.78 is 0. The van der Waals surface area contributed by atoms with Crippen molar-refractivity contribution in [2.45, 2.75) is 19.0 Å². The van der Waals surface area contributed by atoms with Gasteiger partial charge in [0.2, 0.25) is 5.91 Å². The van der Waals surface area contributed by atoms with Crippen LogP contribution in [0.25, 0.3) is 0 Å². The van der Waals surface area contributed by atoms with Crippen molar-refractivity contribution < 1.29 is 4.79 Å². The number of para-hydroxylation sites is 1. The molecule has 1 amide bonds. The first kappa shape index (κ1) is 12.4. The number of carbonyl (C=O) groups excluding carboxylic acids is 1. The first-order chi connectivity index (χ1) is 8.69. The van der Waals surface area contributed by atoms with Gasteiger partial charge in [-0.2, -0.15) is 5.26 Å². The van der Waals surface area contributed by atoms with E-state index in [9.17, 15) is 4.79 Å². The molecule has 0 radical (unpaired) electrons. The summed E-state index contributed by atoms with van der Waals surface area (Å²) in [5, 5.41) is 12.0. The van der Waals surface area contributed by atoms with Crippen molar-refractivity contribution in [2.24, 2.45) is 5.73 Å². The predicted molar refractivity (Wildman–Crippen MR) is 69.0 cm³/mol. The Labute approximate surface area is 106 Å². The van der Waals surface area contributed by atoms with Gasteiger partial charge in [0.15, 0.2) is 0 Å². The lowest BCUT2D eigenvalue weighted by Crippen LogP contribution is -2.62. The number of nitrogens with one attached hydrogen (secondary N) is 1. The predicted octanol–water partition coefficient (Wildman–Crippen LogP) is 0.210. The minimum Gasteiger partial charge on any atom is -0.353 e. The highest BCUT2D eigenvalue weighted by molar-refractivity contribution is 5.87. The number of rotatable bonds is 2. The van der Waals surface area contributed by atoms with E-state index in [1.54, 1.807) is 6.07 Å². The fourth-order valence-electron chi connectivity index (χ4n) is 2.32. The number of amides is 1. The number of piperazine rings is 1. The molecule has 2 unspecified atom stereocenters. The number of nitriles is 1. The lowest BCUT2D eigenvalue weighted by atomic mass is 10.0. The third-order valence-electron chi connectivity index (χ3n) is 3.21. The molecular weight excluding hydrogens is 228 g/mol. The van der Waals surface area contributed by atoms with E-state index in [2.05, 4.69) is 11.4 Å². The van der Waals surface area contributed by atoms with Crippen LogP contribution >= 0.6 is 0 Å². The Morgan fingerprint density at radius 3 is 2.94 bits per heavy atom. The molecule has 94 valence electrons. The van der Waals surface area contributed by atoms with Gasteiger partial charge >= 0.3 is 0 Å². The van der Waals surface area contributed by atoms with E-state index < -0.39 is 6.04 Å². The highest BCUT2D eigenvalue weighted by Crippen LogP contribution is 2.25. The zero-order valence-electron chi connectivity index (χ0n) is 10.3. The molecule has 5 heteroatoms. The first-order valence-electron chi connectivity index (χ1n) is 5.94. The summed E-state index contributed by atoms with van der Waals surface area (Å²) in [6, 6.07) is 9.15. The van der Waals surface area contributed by atoms with Gasteiger partial charge in [-0.3, -0.25) is 4.79 Å². The van der Waals surface area contributed by atoms with Crippen molar-refractivity contribution in [3.8, 4) is 6.07 Å². The highest BCUT2D eigenvalue weighted by Gasteiger charge is 2.34. The van der Waals surface area contributed by atoms with Crippen molar-refractivity contribution >= 4 is 11.6 Å². The first-order valence-corrected chi connectivity index (χ1v) is 5.94. The van der Waals surface area contributed by atoms with Gasteiger partial charge in [-0.1, -0.05) is 12.1 Å². The van der Waals surface area contributed by atoms with Gasteiger partial charge in [-0.25, -0.2) is 0 Å². The van der Waals surface area contributed by atoms with Gasteiger partial charge < -0.3 is 16.0 Å². The minimum atomic E-state index is -0.414. The SMILES string of the molecule is CC1CNC(=O)C(CN)N1c1ccccc1C#N. The summed E-state index contributed by atoms with van der Waals surface area (Å²) in [6.45, 7) is 2.81. The van der Waals surface area contributed by atoms with Gasteiger partial charge in [-0.15, -0.1) is 0 Å². The Hall–Kier alpha value is -2.06. The molecule has 1 aromatic carbocycles. The summed E-state index contributed by atoms with van der Waals surface area (Å²) in [5.74, 6) is -0.0802. The molecule has 1 aromatic rings. The Bertz CT molecular complexity index is 494. The van der Waals surface area contributed by atoms with E-state index in [0.29, 0.717) is 12.1 Å². The maximum Gasteiger partial charge on any atom is 0.244 e. The van der Waals surface area contributed by atoms with E-state index in [4.69, 9.17) is 11.0 Å². The topological polar surface area (TPSA) is 82.2 Å². The Balaban J connectivity index is 2.45. The summed E-state index contributed by atoms with van der Waals surface area (Å²) in [4.78, 5) is 13.8. The molecular formula is C13H16N4O. The summed E-state index contributed by atoms with van der Waals surface area (Å²) in [7, 11) is 0. The second kappa shape index (κ2) is 5.07. The molecule has 3 N–H and O–H groups in total. The van der Waals surface area contributed by atoms with E-state index in [-0.39, 0.29) is 18.5 Å². The second-order valence-electron chi connectivity index (χ2n) is 4.38. The molecule has 1 fully saturated rings. The average Bonchev–Trinajstić information content (AvgIpc) is 2.41. The maximum absolute atomic E-state index is 11.8. The van der Waals surface area contributed by atoms with Crippen LogP contribution in [-0.2, 0) is 4.79 Å². The molecule has 5 nitrogen and oxygen atoms in total. The molecule has 0 aliphatic carbocycles. The van der Waals surface area contributed by atoms with Crippen LogP contribution in [0.2, 0.25) is 0 Å². The molecule has 0 spiro atoms. The van der Waals surface area contributed by atoms with Crippen molar-refractivity contribution in [1.82, 2.24) is 5.32 Å². The van der Waals surface area contributed by atoms with Crippen molar-refractivity contribution in [3.63, 3.8) is 0 Å².